The lowest BCUT2D eigenvalue weighted by Crippen LogP contribution is -2.03. The summed E-state index contributed by atoms with van der Waals surface area (Å²) < 4.78 is 1.91. The Morgan fingerprint density at radius 2 is 2.17 bits per heavy atom. The molecule has 0 spiro atoms. The number of aromatic nitrogens is 2. The molecule has 0 amide bonds. The molecule has 12 heavy (non-hydrogen) atoms. The van der Waals surface area contributed by atoms with E-state index in [2.05, 4.69) is 12.0 Å². The summed E-state index contributed by atoms with van der Waals surface area (Å²) in [6, 6.07) is 0. The van der Waals surface area contributed by atoms with Crippen molar-refractivity contribution in [1.82, 2.24) is 9.78 Å². The number of nitrogen functional groups attached to an aromatic ring is 1. The Hall–Kier alpha value is -0.990. The zero-order valence-electron chi connectivity index (χ0n) is 7.51. The molecule has 0 aliphatic heterocycles. The molecule has 66 valence electrons. The highest BCUT2D eigenvalue weighted by Crippen LogP contribution is 2.25. The molecule has 3 nitrogen and oxygen atoms in total. The second-order valence-corrected chi connectivity index (χ2v) is 3.33. The molecule has 1 aromatic rings. The molecule has 0 aromatic carbocycles. The maximum atomic E-state index is 5.94. The first-order valence-corrected chi connectivity index (χ1v) is 4.67. The number of hydrogen-bond donors (Lipinski definition) is 1. The molecule has 1 aliphatic carbocycles. The first kappa shape index (κ1) is 7.65. The summed E-state index contributed by atoms with van der Waals surface area (Å²) in [5, 5.41) is 4.46. The fourth-order valence-electron chi connectivity index (χ4n) is 1.87. The van der Waals surface area contributed by atoms with E-state index in [9.17, 15) is 0 Å². The molecule has 2 N–H and O–H groups in total. The van der Waals surface area contributed by atoms with E-state index < -0.39 is 0 Å². The fraction of sp³-hybridized carbons (Fsp3) is 0.667. The Morgan fingerprint density at radius 1 is 1.42 bits per heavy atom. The van der Waals surface area contributed by atoms with Gasteiger partial charge in [-0.3, -0.25) is 0 Å². The van der Waals surface area contributed by atoms with Gasteiger partial charge in [-0.05, 0) is 32.6 Å². The largest absolute Gasteiger partial charge is 0.384 e. The summed E-state index contributed by atoms with van der Waals surface area (Å²) in [6.07, 6.45) is 4.79. The minimum Gasteiger partial charge on any atom is -0.384 e. The van der Waals surface area contributed by atoms with Crippen molar-refractivity contribution < 1.29 is 0 Å². The number of fused-ring (bicyclic) bond motifs is 1. The molecule has 1 aliphatic rings. The van der Waals surface area contributed by atoms with Gasteiger partial charge >= 0.3 is 0 Å². The average Bonchev–Trinajstić information content (AvgIpc) is 2.44. The van der Waals surface area contributed by atoms with Crippen molar-refractivity contribution in [3.8, 4) is 0 Å². The lowest BCUT2D eigenvalue weighted by atomic mass is 9.98. The van der Waals surface area contributed by atoms with Gasteiger partial charge < -0.3 is 5.73 Å². The van der Waals surface area contributed by atoms with Crippen LogP contribution in [0.25, 0.3) is 0 Å². The molecule has 0 radical (unpaired) electrons. The van der Waals surface area contributed by atoms with Crippen molar-refractivity contribution in [1.29, 1.82) is 0 Å². The Labute approximate surface area is 72.6 Å². The number of nitrogens with zero attached hydrogens (tertiary/aromatic N) is 2. The minimum absolute atomic E-state index is 0.888. The summed E-state index contributed by atoms with van der Waals surface area (Å²) >= 11 is 0. The quantitative estimate of drug-likeness (QED) is 0.683. The third kappa shape index (κ3) is 1.00. The van der Waals surface area contributed by atoms with Gasteiger partial charge in [-0.25, -0.2) is 4.68 Å². The molecule has 1 aromatic heterocycles. The Balaban J connectivity index is 2.44. The number of hydrogen-bond acceptors (Lipinski definition) is 2. The SMILES string of the molecule is CCn1nc2c(c1N)CCCC2. The highest BCUT2D eigenvalue weighted by atomic mass is 15.3. The molecule has 3 heteroatoms. The minimum atomic E-state index is 0.888. The van der Waals surface area contributed by atoms with Gasteiger partial charge in [-0.1, -0.05) is 0 Å². The lowest BCUT2D eigenvalue weighted by Gasteiger charge is -2.08. The van der Waals surface area contributed by atoms with Crippen molar-refractivity contribution in [2.75, 3.05) is 5.73 Å². The third-order valence-electron chi connectivity index (χ3n) is 2.57. The van der Waals surface area contributed by atoms with Gasteiger partial charge in [-0.2, -0.15) is 5.10 Å². The van der Waals surface area contributed by atoms with Gasteiger partial charge in [0.25, 0.3) is 0 Å². The van der Waals surface area contributed by atoms with E-state index in [4.69, 9.17) is 5.73 Å². The maximum absolute atomic E-state index is 5.94. The van der Waals surface area contributed by atoms with Crippen molar-refractivity contribution in [2.45, 2.75) is 39.2 Å². The number of anilines is 1. The molecular formula is C9H15N3. The topological polar surface area (TPSA) is 43.8 Å². The molecular weight excluding hydrogens is 150 g/mol. The van der Waals surface area contributed by atoms with Crippen molar-refractivity contribution in [2.24, 2.45) is 0 Å². The molecule has 0 atom stereocenters. The normalized spacial score (nSPS) is 16.1. The number of rotatable bonds is 1. The van der Waals surface area contributed by atoms with E-state index in [0.717, 1.165) is 25.2 Å². The van der Waals surface area contributed by atoms with E-state index in [1.165, 1.54) is 24.1 Å². The first-order valence-electron chi connectivity index (χ1n) is 4.67. The van der Waals surface area contributed by atoms with Crippen LogP contribution in [-0.2, 0) is 19.4 Å². The third-order valence-corrected chi connectivity index (χ3v) is 2.57. The Kier molecular flexibility index (Phi) is 1.79. The molecule has 2 rings (SSSR count). The average molecular weight is 165 g/mol. The van der Waals surface area contributed by atoms with E-state index in [1.54, 1.807) is 0 Å². The molecule has 0 saturated heterocycles. The summed E-state index contributed by atoms with van der Waals surface area (Å²) in [4.78, 5) is 0. The first-order chi connectivity index (χ1) is 5.83. The zero-order chi connectivity index (χ0) is 8.55. The van der Waals surface area contributed by atoms with Crippen LogP contribution >= 0.6 is 0 Å². The van der Waals surface area contributed by atoms with Gasteiger partial charge in [-0.15, -0.1) is 0 Å². The monoisotopic (exact) mass is 165 g/mol. The number of aryl methyl sites for hydroxylation is 2. The van der Waals surface area contributed by atoms with Gasteiger partial charge in [0.15, 0.2) is 0 Å². The van der Waals surface area contributed by atoms with E-state index in [-0.39, 0.29) is 0 Å². The highest BCUT2D eigenvalue weighted by molar-refractivity contribution is 5.44. The van der Waals surface area contributed by atoms with Gasteiger partial charge in [0.05, 0.1) is 5.69 Å². The van der Waals surface area contributed by atoms with Crippen LogP contribution in [0.5, 0.6) is 0 Å². The van der Waals surface area contributed by atoms with Gasteiger partial charge in [0.2, 0.25) is 0 Å². The van der Waals surface area contributed by atoms with E-state index in [1.807, 2.05) is 4.68 Å². The molecule has 0 saturated carbocycles. The van der Waals surface area contributed by atoms with Crippen molar-refractivity contribution in [3.63, 3.8) is 0 Å². The summed E-state index contributed by atoms with van der Waals surface area (Å²) in [7, 11) is 0. The van der Waals surface area contributed by atoms with Crippen LogP contribution < -0.4 is 5.73 Å². The van der Waals surface area contributed by atoms with Crippen LogP contribution in [-0.4, -0.2) is 9.78 Å². The second kappa shape index (κ2) is 2.81. The Morgan fingerprint density at radius 3 is 2.83 bits per heavy atom. The van der Waals surface area contributed by atoms with E-state index in [0.29, 0.717) is 0 Å². The fourth-order valence-corrected chi connectivity index (χ4v) is 1.87. The van der Waals surface area contributed by atoms with Crippen molar-refractivity contribution in [3.05, 3.63) is 11.3 Å². The number of nitrogens with two attached hydrogens (primary N) is 1. The van der Waals surface area contributed by atoms with Crippen LogP contribution in [0, 0.1) is 0 Å². The predicted octanol–water partition coefficient (Wildman–Crippen LogP) is 1.36. The molecule has 1 heterocycles. The molecule has 0 bridgehead atoms. The Bertz CT molecular complexity index is 288. The second-order valence-electron chi connectivity index (χ2n) is 3.33. The van der Waals surface area contributed by atoms with Crippen LogP contribution in [0.15, 0.2) is 0 Å². The standard InChI is InChI=1S/C9H15N3/c1-2-12-9(10)7-5-3-4-6-8(7)11-12/h2-6,10H2,1H3. The van der Waals surface area contributed by atoms with Crippen molar-refractivity contribution >= 4 is 5.82 Å². The van der Waals surface area contributed by atoms with Crippen LogP contribution in [0.2, 0.25) is 0 Å². The van der Waals surface area contributed by atoms with E-state index >= 15 is 0 Å². The molecule has 0 fully saturated rings. The summed E-state index contributed by atoms with van der Waals surface area (Å²) in [6.45, 7) is 2.97. The lowest BCUT2D eigenvalue weighted by molar-refractivity contribution is 0.635. The maximum Gasteiger partial charge on any atom is 0.125 e. The van der Waals surface area contributed by atoms with Gasteiger partial charge in [0, 0.05) is 12.1 Å². The smallest absolute Gasteiger partial charge is 0.125 e. The predicted molar refractivity (Wildman–Crippen MR) is 49.0 cm³/mol. The van der Waals surface area contributed by atoms with Crippen LogP contribution in [0.1, 0.15) is 31.0 Å². The summed E-state index contributed by atoms with van der Waals surface area (Å²) in [5.74, 6) is 0.896. The zero-order valence-corrected chi connectivity index (χ0v) is 7.51. The summed E-state index contributed by atoms with van der Waals surface area (Å²) in [5.41, 5.74) is 8.48. The highest BCUT2D eigenvalue weighted by Gasteiger charge is 2.17. The van der Waals surface area contributed by atoms with Gasteiger partial charge in [0.1, 0.15) is 5.82 Å². The van der Waals surface area contributed by atoms with Crippen LogP contribution in [0.4, 0.5) is 5.82 Å². The van der Waals surface area contributed by atoms with Crippen LogP contribution in [0.3, 0.4) is 0 Å². The molecule has 0 unspecified atom stereocenters.